The molecule has 0 saturated carbocycles. The van der Waals surface area contributed by atoms with Crippen LogP contribution in [0.15, 0.2) is 72.9 Å². The highest BCUT2D eigenvalue weighted by Gasteiger charge is 2.28. The maximum absolute atomic E-state index is 13.0. The topological polar surface area (TPSA) is 155 Å². The third-order valence-electron chi connectivity index (χ3n) is 13.6. The molecule has 452 valence electrons. The van der Waals surface area contributed by atoms with Crippen molar-refractivity contribution in [3.63, 3.8) is 0 Å². The Balaban J connectivity index is 4.74. The molecule has 0 heterocycles. The first kappa shape index (κ1) is 74.9. The molecule has 0 saturated heterocycles. The number of rotatable bonds is 59. The van der Waals surface area contributed by atoms with Crippen LogP contribution in [-0.4, -0.2) is 66.5 Å². The minimum Gasteiger partial charge on any atom is -0.462 e. The van der Waals surface area contributed by atoms with Gasteiger partial charge < -0.3 is 24.2 Å². The third-order valence-corrected chi connectivity index (χ3v) is 14.6. The smallest absolute Gasteiger partial charge is 0.462 e. The van der Waals surface area contributed by atoms with Gasteiger partial charge in [0.2, 0.25) is 0 Å². The van der Waals surface area contributed by atoms with Gasteiger partial charge in [-0.15, -0.1) is 0 Å². The van der Waals surface area contributed by atoms with Gasteiger partial charge in [-0.1, -0.05) is 261 Å². The summed E-state index contributed by atoms with van der Waals surface area (Å²) in [6, 6.07) is 0. The van der Waals surface area contributed by atoms with Crippen molar-refractivity contribution in [2.24, 2.45) is 0 Å². The molecule has 12 heteroatoms. The maximum Gasteiger partial charge on any atom is 0.472 e. The molecule has 0 amide bonds. The number of hydrogen-bond acceptors (Lipinski definition) is 10. The molecule has 0 aromatic carbocycles. The first-order valence-corrected chi connectivity index (χ1v) is 33.3. The Labute approximate surface area is 478 Å². The van der Waals surface area contributed by atoms with Gasteiger partial charge in [0, 0.05) is 19.3 Å². The van der Waals surface area contributed by atoms with Gasteiger partial charge in [-0.2, -0.15) is 0 Å². The van der Waals surface area contributed by atoms with Gasteiger partial charge in [-0.25, -0.2) is 4.57 Å². The van der Waals surface area contributed by atoms with Gasteiger partial charge in [0.05, 0.1) is 19.8 Å². The van der Waals surface area contributed by atoms with Crippen molar-refractivity contribution in [3.8, 4) is 0 Å². The number of hydrogen-bond donors (Lipinski definition) is 2. The summed E-state index contributed by atoms with van der Waals surface area (Å²) >= 11 is 0. The van der Waals surface area contributed by atoms with Crippen molar-refractivity contribution in [2.45, 2.75) is 303 Å². The van der Waals surface area contributed by atoms with Gasteiger partial charge in [0.1, 0.15) is 12.7 Å². The fraction of sp³-hybridized carbons (Fsp3) is 0.773. The van der Waals surface area contributed by atoms with E-state index in [0.29, 0.717) is 25.7 Å². The van der Waals surface area contributed by atoms with E-state index in [9.17, 15) is 28.9 Å². The standard InChI is InChI=1S/C66H117O11P/c1-4-7-10-13-16-19-22-25-28-30-31-33-36-39-42-45-48-51-54-57-66(70)77-63(59-73-64(68)55-52-49-46-43-40-37-34-27-24-21-18-15-12-9-6-3)61-75-78(71,72)74-60-62(58-67)76-65(69)56-53-50-47-44-41-38-35-32-29-26-23-20-17-14-11-8-5-2/h8,11,17,20,26-27,29,34-35,38,44,47,62-63,67H,4-7,9-10,12-16,18-19,21-25,28,30-33,36-37,39-43,45-46,48-61H2,1-3H3,(H,71,72)/b11-8-,20-17-,29-26-,34-27-,38-35-,47-44-. The van der Waals surface area contributed by atoms with Crippen LogP contribution < -0.4 is 0 Å². The Morgan fingerprint density at radius 2 is 0.679 bits per heavy atom. The van der Waals surface area contributed by atoms with E-state index in [-0.39, 0.29) is 25.9 Å². The second kappa shape index (κ2) is 60.0. The molecule has 3 atom stereocenters. The number of unbranched alkanes of at least 4 members (excludes halogenated alkanes) is 30. The predicted octanol–water partition coefficient (Wildman–Crippen LogP) is 19.3. The number of allylic oxidation sites excluding steroid dienone is 12. The van der Waals surface area contributed by atoms with Crippen LogP contribution in [0.3, 0.4) is 0 Å². The molecular weight excluding hydrogens is 1000 g/mol. The highest BCUT2D eigenvalue weighted by molar-refractivity contribution is 7.47. The van der Waals surface area contributed by atoms with Crippen LogP contribution in [0.1, 0.15) is 290 Å². The molecule has 0 fully saturated rings. The molecule has 0 aliphatic carbocycles. The molecule has 2 N–H and O–H groups in total. The summed E-state index contributed by atoms with van der Waals surface area (Å²) in [5, 5.41) is 9.83. The number of aliphatic hydroxyl groups excluding tert-OH is 1. The number of ether oxygens (including phenoxy) is 3. The van der Waals surface area contributed by atoms with E-state index in [2.05, 4.69) is 81.5 Å². The lowest BCUT2D eigenvalue weighted by Gasteiger charge is -2.21. The first-order valence-electron chi connectivity index (χ1n) is 31.8. The van der Waals surface area contributed by atoms with E-state index >= 15 is 0 Å². The van der Waals surface area contributed by atoms with Crippen LogP contribution in [0.25, 0.3) is 0 Å². The molecule has 0 rings (SSSR count). The molecule has 0 aliphatic heterocycles. The van der Waals surface area contributed by atoms with Crippen LogP contribution in [0, 0.1) is 0 Å². The van der Waals surface area contributed by atoms with E-state index in [4.69, 9.17) is 23.3 Å². The molecule has 11 nitrogen and oxygen atoms in total. The Morgan fingerprint density at radius 1 is 0.372 bits per heavy atom. The Morgan fingerprint density at radius 3 is 1.09 bits per heavy atom. The zero-order chi connectivity index (χ0) is 56.9. The molecule has 0 bridgehead atoms. The van der Waals surface area contributed by atoms with Crippen LogP contribution in [0.4, 0.5) is 0 Å². The van der Waals surface area contributed by atoms with E-state index in [1.54, 1.807) is 0 Å². The van der Waals surface area contributed by atoms with E-state index in [1.165, 1.54) is 135 Å². The molecule has 0 spiro atoms. The molecule has 0 aliphatic rings. The molecular formula is C66H117O11P. The predicted molar refractivity (Wildman–Crippen MR) is 325 cm³/mol. The van der Waals surface area contributed by atoms with Gasteiger partial charge in [0.25, 0.3) is 0 Å². The summed E-state index contributed by atoms with van der Waals surface area (Å²) in [6.07, 6.45) is 68.6. The van der Waals surface area contributed by atoms with Crippen molar-refractivity contribution in [1.29, 1.82) is 0 Å². The summed E-state index contributed by atoms with van der Waals surface area (Å²) in [5.74, 6) is -1.52. The Hall–Kier alpha value is -3.08. The summed E-state index contributed by atoms with van der Waals surface area (Å²) in [5.41, 5.74) is 0. The fourth-order valence-electron chi connectivity index (χ4n) is 8.80. The molecule has 3 unspecified atom stereocenters. The SMILES string of the molecule is CC/C=C\C/C=C\C/C=C\C/C=C\C/C=C\CCCC(=O)OC(CO)COP(=O)(O)OCC(COC(=O)CCCCCCC/C=C\CCCCCCCC)OC(=O)CCCCCCCCCCCCCCCCCCCCC. The molecule has 78 heavy (non-hydrogen) atoms. The largest absolute Gasteiger partial charge is 0.472 e. The van der Waals surface area contributed by atoms with Crippen molar-refractivity contribution >= 4 is 25.7 Å². The fourth-order valence-corrected chi connectivity index (χ4v) is 9.58. The zero-order valence-electron chi connectivity index (χ0n) is 50.1. The van der Waals surface area contributed by atoms with E-state index in [1.807, 2.05) is 12.2 Å². The summed E-state index contributed by atoms with van der Waals surface area (Å²) in [4.78, 5) is 48.7. The molecule has 0 radical (unpaired) electrons. The average Bonchev–Trinajstić information content (AvgIpc) is 3.43. The number of carbonyl (C=O) groups is 3. The number of aliphatic hydroxyl groups is 1. The van der Waals surface area contributed by atoms with E-state index in [0.717, 1.165) is 89.9 Å². The minimum atomic E-state index is -4.77. The van der Waals surface area contributed by atoms with Gasteiger partial charge >= 0.3 is 25.7 Å². The maximum atomic E-state index is 13.0. The first-order chi connectivity index (χ1) is 38.2. The third kappa shape index (κ3) is 57.6. The lowest BCUT2D eigenvalue weighted by atomic mass is 10.0. The van der Waals surface area contributed by atoms with Crippen molar-refractivity contribution < 1.29 is 52.2 Å². The van der Waals surface area contributed by atoms with Gasteiger partial charge in [-0.05, 0) is 83.5 Å². The second-order valence-electron chi connectivity index (χ2n) is 21.2. The number of phosphoric ester groups is 1. The Kier molecular flexibility index (Phi) is 57.7. The molecule has 0 aromatic heterocycles. The van der Waals surface area contributed by atoms with Crippen molar-refractivity contribution in [3.05, 3.63) is 72.9 Å². The normalized spacial score (nSPS) is 13.8. The van der Waals surface area contributed by atoms with Crippen molar-refractivity contribution in [1.82, 2.24) is 0 Å². The van der Waals surface area contributed by atoms with Crippen LogP contribution in [0.5, 0.6) is 0 Å². The van der Waals surface area contributed by atoms with Crippen LogP contribution >= 0.6 is 7.82 Å². The summed E-state index contributed by atoms with van der Waals surface area (Å²) < 4.78 is 39.6. The quantitative estimate of drug-likeness (QED) is 0.0197. The highest BCUT2D eigenvalue weighted by Crippen LogP contribution is 2.43. The van der Waals surface area contributed by atoms with E-state index < -0.39 is 57.8 Å². The van der Waals surface area contributed by atoms with Crippen molar-refractivity contribution in [2.75, 3.05) is 26.4 Å². The average molecular weight is 1120 g/mol. The van der Waals surface area contributed by atoms with Gasteiger partial charge in [-0.3, -0.25) is 23.4 Å². The van der Waals surface area contributed by atoms with Crippen LogP contribution in [0.2, 0.25) is 0 Å². The second-order valence-corrected chi connectivity index (χ2v) is 22.7. The number of carbonyl (C=O) groups excluding carboxylic acids is 3. The lowest BCUT2D eigenvalue weighted by Crippen LogP contribution is -2.30. The number of esters is 3. The number of phosphoric acid groups is 1. The zero-order valence-corrected chi connectivity index (χ0v) is 51.0. The van der Waals surface area contributed by atoms with Gasteiger partial charge in [0.15, 0.2) is 6.10 Å². The Bertz CT molecular complexity index is 1590. The monoisotopic (exact) mass is 1120 g/mol. The molecule has 0 aromatic rings. The summed E-state index contributed by atoms with van der Waals surface area (Å²) in [7, 11) is -4.77. The van der Waals surface area contributed by atoms with Crippen LogP contribution in [-0.2, 0) is 42.2 Å². The summed E-state index contributed by atoms with van der Waals surface area (Å²) in [6.45, 7) is 4.50. The minimum absolute atomic E-state index is 0.0979. The lowest BCUT2D eigenvalue weighted by molar-refractivity contribution is -0.161. The highest BCUT2D eigenvalue weighted by atomic mass is 31.2.